The molecule has 2 aromatic rings. The number of nitrogens with two attached hydrogens (primary N) is 1. The monoisotopic (exact) mass is 385 g/mol. The standard InChI is InChI=1S/C20H20FN3O4/c1-2-18(25)23-10-15-11-24(20(27)28-15)14-7-8-16(17(21)9-14)12-3-5-13(6-4-12)19(22)26/h3-9,15H,2,10-11H2,1H3,(H2,22,26)(H,23,25)/t15-/m0/s1. The van der Waals surface area contributed by atoms with Crippen LogP contribution >= 0.6 is 0 Å². The first-order chi connectivity index (χ1) is 13.4. The van der Waals surface area contributed by atoms with E-state index in [0.29, 0.717) is 28.8 Å². The Kier molecular flexibility index (Phi) is 5.58. The van der Waals surface area contributed by atoms with Crippen LogP contribution in [0.1, 0.15) is 23.7 Å². The maximum Gasteiger partial charge on any atom is 0.414 e. The Morgan fingerprint density at radius 1 is 1.25 bits per heavy atom. The van der Waals surface area contributed by atoms with Crippen LogP contribution in [0.5, 0.6) is 0 Å². The van der Waals surface area contributed by atoms with Crippen LogP contribution in [0.25, 0.3) is 11.1 Å². The lowest BCUT2D eigenvalue weighted by atomic mass is 10.0. The highest BCUT2D eigenvalue weighted by atomic mass is 19.1. The SMILES string of the molecule is CCC(=O)NC[C@H]1CN(c2ccc(-c3ccc(C(N)=O)cc3)c(F)c2)C(=O)O1. The number of carbonyl (C=O) groups is 3. The highest BCUT2D eigenvalue weighted by Gasteiger charge is 2.32. The van der Waals surface area contributed by atoms with Crippen molar-refractivity contribution < 1.29 is 23.5 Å². The summed E-state index contributed by atoms with van der Waals surface area (Å²) in [5.41, 5.74) is 6.82. The number of ether oxygens (including phenoxy) is 1. The molecule has 3 rings (SSSR count). The summed E-state index contributed by atoms with van der Waals surface area (Å²) in [6.45, 7) is 2.16. The fourth-order valence-electron chi connectivity index (χ4n) is 2.91. The molecule has 1 saturated heterocycles. The summed E-state index contributed by atoms with van der Waals surface area (Å²) in [5, 5.41) is 2.67. The van der Waals surface area contributed by atoms with Gasteiger partial charge in [-0.1, -0.05) is 19.1 Å². The van der Waals surface area contributed by atoms with Gasteiger partial charge < -0.3 is 15.8 Å². The van der Waals surface area contributed by atoms with Crippen molar-refractivity contribution in [1.29, 1.82) is 0 Å². The molecule has 146 valence electrons. The van der Waals surface area contributed by atoms with Crippen LogP contribution in [-0.4, -0.2) is 37.1 Å². The Balaban J connectivity index is 1.74. The van der Waals surface area contributed by atoms with Crippen molar-refractivity contribution in [2.24, 2.45) is 5.73 Å². The zero-order valence-corrected chi connectivity index (χ0v) is 15.3. The molecule has 0 aliphatic carbocycles. The number of anilines is 1. The second-order valence-corrected chi connectivity index (χ2v) is 6.38. The van der Waals surface area contributed by atoms with Gasteiger partial charge in [-0.2, -0.15) is 0 Å². The van der Waals surface area contributed by atoms with Gasteiger partial charge in [0.1, 0.15) is 11.9 Å². The Labute approximate surface area is 161 Å². The summed E-state index contributed by atoms with van der Waals surface area (Å²) >= 11 is 0. The van der Waals surface area contributed by atoms with Crippen LogP contribution in [0.15, 0.2) is 42.5 Å². The van der Waals surface area contributed by atoms with Crippen LogP contribution in [0.4, 0.5) is 14.9 Å². The molecular weight excluding hydrogens is 365 g/mol. The Bertz CT molecular complexity index is 914. The van der Waals surface area contributed by atoms with Crippen molar-refractivity contribution in [3.8, 4) is 11.1 Å². The second kappa shape index (κ2) is 8.08. The molecule has 0 bridgehead atoms. The molecule has 7 nitrogen and oxygen atoms in total. The van der Waals surface area contributed by atoms with E-state index in [1.807, 2.05) is 0 Å². The molecule has 0 radical (unpaired) electrons. The van der Waals surface area contributed by atoms with Gasteiger partial charge in [-0.25, -0.2) is 9.18 Å². The summed E-state index contributed by atoms with van der Waals surface area (Å²) < 4.78 is 19.9. The van der Waals surface area contributed by atoms with E-state index in [1.165, 1.54) is 23.1 Å². The van der Waals surface area contributed by atoms with Crippen molar-refractivity contribution in [2.45, 2.75) is 19.4 Å². The minimum atomic E-state index is -0.589. The Hall–Kier alpha value is -3.42. The number of nitrogens with zero attached hydrogens (tertiary/aromatic N) is 1. The summed E-state index contributed by atoms with van der Waals surface area (Å²) in [7, 11) is 0. The number of hydrogen-bond acceptors (Lipinski definition) is 4. The number of hydrogen-bond donors (Lipinski definition) is 2. The maximum atomic E-state index is 14.6. The van der Waals surface area contributed by atoms with E-state index >= 15 is 0 Å². The molecule has 1 fully saturated rings. The molecule has 0 unspecified atom stereocenters. The third kappa shape index (κ3) is 4.11. The number of cyclic esters (lactones) is 1. The van der Waals surface area contributed by atoms with Crippen molar-refractivity contribution in [1.82, 2.24) is 5.32 Å². The van der Waals surface area contributed by atoms with Crippen molar-refractivity contribution in [2.75, 3.05) is 18.0 Å². The number of primary amides is 1. The zero-order valence-electron chi connectivity index (χ0n) is 15.3. The lowest BCUT2D eigenvalue weighted by Gasteiger charge is -2.14. The van der Waals surface area contributed by atoms with Gasteiger partial charge in [0.25, 0.3) is 0 Å². The molecule has 0 aromatic heterocycles. The lowest BCUT2D eigenvalue weighted by molar-refractivity contribution is -0.121. The van der Waals surface area contributed by atoms with Gasteiger partial charge in [-0.05, 0) is 35.9 Å². The Morgan fingerprint density at radius 2 is 1.96 bits per heavy atom. The van der Waals surface area contributed by atoms with Gasteiger partial charge >= 0.3 is 6.09 Å². The van der Waals surface area contributed by atoms with E-state index in [-0.39, 0.29) is 19.0 Å². The number of rotatable bonds is 6. The second-order valence-electron chi connectivity index (χ2n) is 6.38. The molecule has 1 heterocycles. The van der Waals surface area contributed by atoms with E-state index < -0.39 is 23.9 Å². The van der Waals surface area contributed by atoms with Gasteiger partial charge in [0.15, 0.2) is 0 Å². The summed E-state index contributed by atoms with van der Waals surface area (Å²) in [5.74, 6) is -1.20. The zero-order chi connectivity index (χ0) is 20.3. The van der Waals surface area contributed by atoms with Crippen molar-refractivity contribution >= 4 is 23.6 Å². The molecule has 28 heavy (non-hydrogen) atoms. The fourth-order valence-corrected chi connectivity index (χ4v) is 2.91. The van der Waals surface area contributed by atoms with Gasteiger partial charge in [0.05, 0.1) is 18.8 Å². The summed E-state index contributed by atoms with van der Waals surface area (Å²) in [6, 6.07) is 10.7. The molecule has 0 saturated carbocycles. The average Bonchev–Trinajstić information content (AvgIpc) is 3.06. The van der Waals surface area contributed by atoms with Crippen LogP contribution in [-0.2, 0) is 9.53 Å². The molecule has 3 amide bonds. The first-order valence-electron chi connectivity index (χ1n) is 8.83. The number of benzene rings is 2. The quantitative estimate of drug-likeness (QED) is 0.797. The molecule has 1 aliphatic rings. The van der Waals surface area contributed by atoms with E-state index in [2.05, 4.69) is 5.32 Å². The minimum Gasteiger partial charge on any atom is -0.442 e. The fraction of sp³-hybridized carbons (Fsp3) is 0.250. The van der Waals surface area contributed by atoms with Crippen molar-refractivity contribution in [3.05, 3.63) is 53.8 Å². The number of amides is 3. The third-order valence-electron chi connectivity index (χ3n) is 4.47. The Morgan fingerprint density at radius 3 is 2.57 bits per heavy atom. The molecule has 2 aromatic carbocycles. The number of nitrogens with one attached hydrogen (secondary N) is 1. The van der Waals surface area contributed by atoms with Gasteiger partial charge in [0.2, 0.25) is 11.8 Å². The minimum absolute atomic E-state index is 0.132. The van der Waals surface area contributed by atoms with Crippen LogP contribution in [0.2, 0.25) is 0 Å². The largest absolute Gasteiger partial charge is 0.442 e. The molecule has 3 N–H and O–H groups in total. The highest BCUT2D eigenvalue weighted by Crippen LogP contribution is 2.29. The first kappa shape index (κ1) is 19.3. The van der Waals surface area contributed by atoms with Gasteiger partial charge in [-0.15, -0.1) is 0 Å². The molecular formula is C20H20FN3O4. The van der Waals surface area contributed by atoms with Crippen LogP contribution < -0.4 is 16.0 Å². The predicted octanol–water partition coefficient (Wildman–Crippen LogP) is 2.44. The molecule has 1 atom stereocenters. The lowest BCUT2D eigenvalue weighted by Crippen LogP contribution is -2.34. The topological polar surface area (TPSA) is 102 Å². The summed E-state index contributed by atoms with van der Waals surface area (Å²) in [4.78, 5) is 35.9. The normalized spacial score (nSPS) is 16.0. The number of halogens is 1. The highest BCUT2D eigenvalue weighted by molar-refractivity contribution is 5.93. The maximum absolute atomic E-state index is 14.6. The average molecular weight is 385 g/mol. The van der Waals surface area contributed by atoms with E-state index in [4.69, 9.17) is 10.5 Å². The van der Waals surface area contributed by atoms with Crippen LogP contribution in [0.3, 0.4) is 0 Å². The predicted molar refractivity (Wildman–Crippen MR) is 101 cm³/mol. The number of carbonyl (C=O) groups excluding carboxylic acids is 3. The van der Waals surface area contributed by atoms with Gasteiger partial charge in [0, 0.05) is 17.5 Å². The summed E-state index contributed by atoms with van der Waals surface area (Å²) in [6.07, 6.45) is -0.738. The van der Waals surface area contributed by atoms with Crippen LogP contribution in [0, 0.1) is 5.82 Å². The smallest absolute Gasteiger partial charge is 0.414 e. The molecule has 8 heteroatoms. The van der Waals surface area contributed by atoms with E-state index in [0.717, 1.165) is 0 Å². The molecule has 1 aliphatic heterocycles. The van der Waals surface area contributed by atoms with Crippen molar-refractivity contribution in [3.63, 3.8) is 0 Å². The van der Waals surface area contributed by atoms with E-state index in [1.54, 1.807) is 31.2 Å². The van der Waals surface area contributed by atoms with E-state index in [9.17, 15) is 18.8 Å². The first-order valence-corrected chi connectivity index (χ1v) is 8.83. The van der Waals surface area contributed by atoms with Gasteiger partial charge in [-0.3, -0.25) is 14.5 Å². The third-order valence-corrected chi connectivity index (χ3v) is 4.47. The molecule has 0 spiro atoms.